The fourth-order valence-electron chi connectivity index (χ4n) is 2.84. The highest BCUT2D eigenvalue weighted by atomic mass is 16.3. The SMILES string of the molecule is CCCCCCCCCCCCCCC/C=C/C=C/C(=O)NCCO. The number of nitrogens with one attached hydrogen (secondary N) is 1. The van der Waals surface area contributed by atoms with Crippen molar-refractivity contribution in [3.63, 3.8) is 0 Å². The van der Waals surface area contributed by atoms with Crippen molar-refractivity contribution in [1.82, 2.24) is 5.32 Å². The maximum absolute atomic E-state index is 11.2. The van der Waals surface area contributed by atoms with Crippen LogP contribution in [0.25, 0.3) is 0 Å². The quantitative estimate of drug-likeness (QED) is 0.189. The van der Waals surface area contributed by atoms with E-state index >= 15 is 0 Å². The lowest BCUT2D eigenvalue weighted by atomic mass is 10.0. The van der Waals surface area contributed by atoms with Crippen LogP contribution in [0.3, 0.4) is 0 Å². The maximum atomic E-state index is 11.2. The Morgan fingerprint density at radius 2 is 1.32 bits per heavy atom. The Morgan fingerprint density at radius 1 is 0.800 bits per heavy atom. The van der Waals surface area contributed by atoms with E-state index in [1.165, 1.54) is 89.5 Å². The summed E-state index contributed by atoms with van der Waals surface area (Å²) < 4.78 is 0. The van der Waals surface area contributed by atoms with Crippen molar-refractivity contribution < 1.29 is 9.90 Å². The molecule has 0 saturated carbocycles. The van der Waals surface area contributed by atoms with Crippen LogP contribution in [0.1, 0.15) is 96.8 Å². The number of allylic oxidation sites excluding steroid dienone is 3. The molecule has 146 valence electrons. The molecule has 0 bridgehead atoms. The lowest BCUT2D eigenvalue weighted by molar-refractivity contribution is -0.116. The van der Waals surface area contributed by atoms with E-state index in [9.17, 15) is 4.79 Å². The number of rotatable bonds is 18. The van der Waals surface area contributed by atoms with Gasteiger partial charge in [-0.05, 0) is 12.8 Å². The average Bonchev–Trinajstić information content (AvgIpc) is 2.62. The topological polar surface area (TPSA) is 49.3 Å². The van der Waals surface area contributed by atoms with Crippen molar-refractivity contribution in [2.75, 3.05) is 13.2 Å². The molecule has 3 heteroatoms. The van der Waals surface area contributed by atoms with Gasteiger partial charge in [-0.15, -0.1) is 0 Å². The van der Waals surface area contributed by atoms with E-state index in [1.54, 1.807) is 6.08 Å². The average molecular weight is 352 g/mol. The van der Waals surface area contributed by atoms with E-state index in [4.69, 9.17) is 5.11 Å². The molecule has 3 nitrogen and oxygen atoms in total. The van der Waals surface area contributed by atoms with Gasteiger partial charge in [-0.1, -0.05) is 102 Å². The number of carbonyl (C=O) groups excluding carboxylic acids is 1. The number of unbranched alkanes of at least 4 members (excludes halogenated alkanes) is 13. The molecule has 1 amide bonds. The van der Waals surface area contributed by atoms with E-state index in [0.717, 1.165) is 6.42 Å². The minimum absolute atomic E-state index is 0.0194. The van der Waals surface area contributed by atoms with E-state index in [0.29, 0.717) is 6.54 Å². The summed E-state index contributed by atoms with van der Waals surface area (Å²) in [6, 6.07) is 0. The van der Waals surface area contributed by atoms with E-state index in [-0.39, 0.29) is 12.5 Å². The zero-order valence-electron chi connectivity index (χ0n) is 16.5. The Morgan fingerprint density at radius 3 is 1.84 bits per heavy atom. The maximum Gasteiger partial charge on any atom is 0.244 e. The number of hydrogen-bond acceptors (Lipinski definition) is 2. The number of carbonyl (C=O) groups is 1. The van der Waals surface area contributed by atoms with Crippen LogP contribution in [0.2, 0.25) is 0 Å². The van der Waals surface area contributed by atoms with Crippen LogP contribution >= 0.6 is 0 Å². The number of aliphatic hydroxyl groups is 1. The molecule has 0 saturated heterocycles. The third kappa shape index (κ3) is 20.9. The van der Waals surface area contributed by atoms with Gasteiger partial charge in [0.1, 0.15) is 0 Å². The monoisotopic (exact) mass is 351 g/mol. The van der Waals surface area contributed by atoms with E-state index in [1.807, 2.05) is 6.08 Å². The second kappa shape index (κ2) is 21.0. The molecule has 0 aliphatic heterocycles. The molecular weight excluding hydrogens is 310 g/mol. The van der Waals surface area contributed by atoms with Crippen molar-refractivity contribution in [1.29, 1.82) is 0 Å². The highest BCUT2D eigenvalue weighted by Gasteiger charge is 1.93. The summed E-state index contributed by atoms with van der Waals surface area (Å²) in [4.78, 5) is 11.2. The van der Waals surface area contributed by atoms with Crippen molar-refractivity contribution in [3.05, 3.63) is 24.3 Å². The second-order valence-electron chi connectivity index (χ2n) is 6.83. The highest BCUT2D eigenvalue weighted by molar-refractivity contribution is 5.87. The summed E-state index contributed by atoms with van der Waals surface area (Å²) in [7, 11) is 0. The minimum atomic E-state index is -0.153. The van der Waals surface area contributed by atoms with Crippen LogP contribution in [0.5, 0.6) is 0 Å². The first-order valence-corrected chi connectivity index (χ1v) is 10.5. The molecule has 0 heterocycles. The molecule has 0 fully saturated rings. The summed E-state index contributed by atoms with van der Waals surface area (Å²) in [6.45, 7) is 2.57. The molecule has 0 spiro atoms. The molecule has 0 atom stereocenters. The first-order chi connectivity index (χ1) is 12.3. The summed E-state index contributed by atoms with van der Waals surface area (Å²) in [5.41, 5.74) is 0. The van der Waals surface area contributed by atoms with Crippen LogP contribution in [-0.4, -0.2) is 24.2 Å². The summed E-state index contributed by atoms with van der Waals surface area (Å²) in [5, 5.41) is 11.2. The number of aliphatic hydroxyl groups excluding tert-OH is 1. The Bertz CT molecular complexity index is 337. The Kier molecular flexibility index (Phi) is 20.0. The van der Waals surface area contributed by atoms with Crippen LogP contribution in [0.4, 0.5) is 0 Å². The molecular formula is C22H41NO2. The largest absolute Gasteiger partial charge is 0.395 e. The predicted molar refractivity (Wildman–Crippen MR) is 109 cm³/mol. The van der Waals surface area contributed by atoms with Crippen LogP contribution in [0, 0.1) is 0 Å². The zero-order valence-corrected chi connectivity index (χ0v) is 16.5. The Hall–Kier alpha value is -1.09. The van der Waals surface area contributed by atoms with Gasteiger partial charge in [0.25, 0.3) is 0 Å². The predicted octanol–water partition coefficient (Wildman–Crippen LogP) is 5.69. The minimum Gasteiger partial charge on any atom is -0.395 e. The first kappa shape index (κ1) is 23.9. The summed E-state index contributed by atoms with van der Waals surface area (Å²) >= 11 is 0. The molecule has 0 aromatic heterocycles. The summed E-state index contributed by atoms with van der Waals surface area (Å²) in [6.07, 6.45) is 26.4. The van der Waals surface area contributed by atoms with Gasteiger partial charge < -0.3 is 10.4 Å². The number of hydrogen-bond donors (Lipinski definition) is 2. The number of amides is 1. The molecule has 0 aliphatic rings. The lowest BCUT2D eigenvalue weighted by Crippen LogP contribution is -2.24. The fraction of sp³-hybridized carbons (Fsp3) is 0.773. The molecule has 25 heavy (non-hydrogen) atoms. The van der Waals surface area contributed by atoms with Crippen LogP contribution < -0.4 is 5.32 Å². The van der Waals surface area contributed by atoms with Crippen LogP contribution in [0.15, 0.2) is 24.3 Å². The second-order valence-corrected chi connectivity index (χ2v) is 6.83. The fourth-order valence-corrected chi connectivity index (χ4v) is 2.84. The molecule has 0 aromatic carbocycles. The highest BCUT2D eigenvalue weighted by Crippen LogP contribution is 2.12. The standard InChI is InChI=1S/C22H41NO2/c1-2-3-4-5-6-7-8-9-10-11-12-13-14-15-16-17-18-19-22(25)23-20-21-24/h16-19,24H,2-15,20-21H2,1H3,(H,23,25)/b17-16+,19-18+. The van der Waals surface area contributed by atoms with Gasteiger partial charge in [-0.2, -0.15) is 0 Å². The van der Waals surface area contributed by atoms with Crippen molar-refractivity contribution in [2.24, 2.45) is 0 Å². The van der Waals surface area contributed by atoms with Gasteiger partial charge in [-0.3, -0.25) is 4.79 Å². The van der Waals surface area contributed by atoms with Gasteiger partial charge in [-0.25, -0.2) is 0 Å². The van der Waals surface area contributed by atoms with Gasteiger partial charge in [0.05, 0.1) is 6.61 Å². The van der Waals surface area contributed by atoms with Gasteiger partial charge in [0.2, 0.25) is 5.91 Å². The van der Waals surface area contributed by atoms with Crippen molar-refractivity contribution in [3.8, 4) is 0 Å². The smallest absolute Gasteiger partial charge is 0.244 e. The molecule has 2 N–H and O–H groups in total. The lowest BCUT2D eigenvalue weighted by Gasteiger charge is -2.02. The van der Waals surface area contributed by atoms with E-state index < -0.39 is 0 Å². The molecule has 0 radical (unpaired) electrons. The third-order valence-electron chi connectivity index (χ3n) is 4.38. The van der Waals surface area contributed by atoms with Gasteiger partial charge in [0, 0.05) is 12.6 Å². The molecule has 0 aliphatic carbocycles. The summed E-state index contributed by atoms with van der Waals surface area (Å²) in [5.74, 6) is -0.153. The molecule has 0 unspecified atom stereocenters. The van der Waals surface area contributed by atoms with Crippen LogP contribution in [-0.2, 0) is 4.79 Å². The first-order valence-electron chi connectivity index (χ1n) is 10.5. The zero-order chi connectivity index (χ0) is 18.4. The third-order valence-corrected chi connectivity index (χ3v) is 4.38. The van der Waals surface area contributed by atoms with Crippen molar-refractivity contribution in [2.45, 2.75) is 96.8 Å². The van der Waals surface area contributed by atoms with Gasteiger partial charge in [0.15, 0.2) is 0 Å². The Balaban J connectivity index is 3.22. The van der Waals surface area contributed by atoms with Crippen molar-refractivity contribution >= 4 is 5.91 Å². The molecule has 0 rings (SSSR count). The Labute approximate surface area is 156 Å². The van der Waals surface area contributed by atoms with Gasteiger partial charge >= 0.3 is 0 Å². The van der Waals surface area contributed by atoms with E-state index in [2.05, 4.69) is 18.3 Å². The molecule has 0 aromatic rings. The normalized spacial score (nSPS) is 11.6.